The molecule has 2 heteroatoms. The number of nitrogens with zero attached hydrogens (tertiary/aromatic N) is 1. The predicted molar refractivity (Wildman–Crippen MR) is 66.9 cm³/mol. The Kier molecular flexibility index (Phi) is 6.26. The molecule has 2 unspecified atom stereocenters. The second-order valence-corrected chi connectivity index (χ2v) is 5.24. The first-order chi connectivity index (χ1) is 7.26. The number of hydrogen-bond acceptors (Lipinski definition) is 2. The van der Waals surface area contributed by atoms with E-state index in [2.05, 4.69) is 18.7 Å². The van der Waals surface area contributed by atoms with Crippen LogP contribution >= 0.6 is 0 Å². The van der Waals surface area contributed by atoms with Gasteiger partial charge in [0, 0.05) is 13.1 Å². The zero-order chi connectivity index (χ0) is 11.1. The van der Waals surface area contributed by atoms with Crippen molar-refractivity contribution >= 4 is 0 Å². The molecule has 15 heavy (non-hydrogen) atoms. The molecule has 0 bridgehead atoms. The van der Waals surface area contributed by atoms with Gasteiger partial charge in [0.15, 0.2) is 0 Å². The molecule has 1 aliphatic heterocycles. The molecule has 0 aromatic rings. The van der Waals surface area contributed by atoms with E-state index in [1.54, 1.807) is 0 Å². The Bertz CT molecular complexity index is 159. The number of hydrogen-bond donors (Lipinski definition) is 1. The highest BCUT2D eigenvalue weighted by Gasteiger charge is 2.22. The largest absolute Gasteiger partial charge is 0.330 e. The summed E-state index contributed by atoms with van der Waals surface area (Å²) in [4.78, 5) is 2.65. The molecule has 2 N–H and O–H groups in total. The van der Waals surface area contributed by atoms with Gasteiger partial charge in [-0.05, 0) is 50.6 Å². The summed E-state index contributed by atoms with van der Waals surface area (Å²) in [5.74, 6) is 1.81. The molecule has 1 fully saturated rings. The molecule has 0 radical (unpaired) electrons. The van der Waals surface area contributed by atoms with Crippen LogP contribution in [0.3, 0.4) is 0 Å². The van der Waals surface area contributed by atoms with Crippen molar-refractivity contribution in [3.05, 3.63) is 0 Å². The lowest BCUT2D eigenvalue weighted by Gasteiger charge is -2.20. The average molecular weight is 212 g/mol. The highest BCUT2D eigenvalue weighted by Crippen LogP contribution is 2.22. The molecule has 0 spiro atoms. The SMILES string of the molecule is CCCC1CCN(CC(C)CCCN)C1. The van der Waals surface area contributed by atoms with Gasteiger partial charge in [0.05, 0.1) is 0 Å². The summed E-state index contributed by atoms with van der Waals surface area (Å²) >= 11 is 0. The van der Waals surface area contributed by atoms with E-state index >= 15 is 0 Å². The third-order valence-corrected chi connectivity index (χ3v) is 3.54. The van der Waals surface area contributed by atoms with Gasteiger partial charge in [-0.15, -0.1) is 0 Å². The molecule has 0 amide bonds. The molecule has 0 aromatic carbocycles. The van der Waals surface area contributed by atoms with E-state index < -0.39 is 0 Å². The van der Waals surface area contributed by atoms with E-state index in [1.165, 1.54) is 51.7 Å². The monoisotopic (exact) mass is 212 g/mol. The van der Waals surface area contributed by atoms with Crippen LogP contribution in [0.15, 0.2) is 0 Å². The van der Waals surface area contributed by atoms with Crippen LogP contribution in [0.1, 0.15) is 46.0 Å². The van der Waals surface area contributed by atoms with Crippen molar-refractivity contribution in [2.24, 2.45) is 17.6 Å². The smallest absolute Gasteiger partial charge is 0.00102 e. The van der Waals surface area contributed by atoms with E-state index in [0.717, 1.165) is 18.4 Å². The Morgan fingerprint density at radius 3 is 2.93 bits per heavy atom. The van der Waals surface area contributed by atoms with E-state index in [1.807, 2.05) is 0 Å². The average Bonchev–Trinajstić information content (AvgIpc) is 2.63. The van der Waals surface area contributed by atoms with Crippen molar-refractivity contribution < 1.29 is 0 Å². The minimum Gasteiger partial charge on any atom is -0.330 e. The second kappa shape index (κ2) is 7.24. The minimum absolute atomic E-state index is 0.828. The number of rotatable bonds is 7. The van der Waals surface area contributed by atoms with E-state index in [-0.39, 0.29) is 0 Å². The summed E-state index contributed by atoms with van der Waals surface area (Å²) in [6.07, 6.45) is 6.69. The van der Waals surface area contributed by atoms with Gasteiger partial charge in [-0.2, -0.15) is 0 Å². The topological polar surface area (TPSA) is 29.3 Å². The molecule has 0 aliphatic carbocycles. The summed E-state index contributed by atoms with van der Waals surface area (Å²) in [6, 6.07) is 0. The van der Waals surface area contributed by atoms with Crippen LogP contribution in [0.25, 0.3) is 0 Å². The highest BCUT2D eigenvalue weighted by molar-refractivity contribution is 4.76. The van der Waals surface area contributed by atoms with Gasteiger partial charge >= 0.3 is 0 Å². The Morgan fingerprint density at radius 2 is 2.27 bits per heavy atom. The van der Waals surface area contributed by atoms with E-state index in [4.69, 9.17) is 5.73 Å². The molecule has 1 rings (SSSR count). The fourth-order valence-corrected chi connectivity index (χ4v) is 2.72. The Balaban J connectivity index is 2.12. The van der Waals surface area contributed by atoms with E-state index in [0.29, 0.717) is 0 Å². The van der Waals surface area contributed by atoms with Crippen molar-refractivity contribution in [3.8, 4) is 0 Å². The summed E-state index contributed by atoms with van der Waals surface area (Å²) < 4.78 is 0. The standard InChI is InChI=1S/C13H28N2/c1-3-5-13-7-9-15(11-13)10-12(2)6-4-8-14/h12-13H,3-11,14H2,1-2H3. The normalized spacial score (nSPS) is 24.6. The van der Waals surface area contributed by atoms with Crippen LogP contribution in [-0.2, 0) is 0 Å². The number of likely N-dealkylation sites (tertiary alicyclic amines) is 1. The minimum atomic E-state index is 0.828. The molecular formula is C13H28N2. The van der Waals surface area contributed by atoms with Crippen molar-refractivity contribution in [2.45, 2.75) is 46.0 Å². The first-order valence-electron chi connectivity index (χ1n) is 6.68. The Hall–Kier alpha value is -0.0800. The Labute approximate surface area is 95.2 Å². The highest BCUT2D eigenvalue weighted by atomic mass is 15.1. The van der Waals surface area contributed by atoms with Crippen LogP contribution in [0.5, 0.6) is 0 Å². The summed E-state index contributed by atoms with van der Waals surface area (Å²) in [7, 11) is 0. The second-order valence-electron chi connectivity index (χ2n) is 5.24. The van der Waals surface area contributed by atoms with Gasteiger partial charge < -0.3 is 10.6 Å². The third kappa shape index (κ3) is 4.98. The van der Waals surface area contributed by atoms with Crippen LogP contribution in [0.4, 0.5) is 0 Å². The van der Waals surface area contributed by atoms with Gasteiger partial charge in [-0.3, -0.25) is 0 Å². The summed E-state index contributed by atoms with van der Waals surface area (Å²) in [5.41, 5.74) is 5.53. The fourth-order valence-electron chi connectivity index (χ4n) is 2.72. The van der Waals surface area contributed by atoms with Gasteiger partial charge in [0.25, 0.3) is 0 Å². The predicted octanol–water partition coefficient (Wildman–Crippen LogP) is 2.48. The first kappa shape index (κ1) is 13.0. The first-order valence-corrected chi connectivity index (χ1v) is 6.68. The lowest BCUT2D eigenvalue weighted by molar-refractivity contribution is 0.267. The molecule has 1 aliphatic rings. The zero-order valence-electron chi connectivity index (χ0n) is 10.5. The maximum absolute atomic E-state index is 5.53. The number of nitrogens with two attached hydrogens (primary N) is 1. The van der Waals surface area contributed by atoms with Gasteiger partial charge in [-0.25, -0.2) is 0 Å². The van der Waals surface area contributed by atoms with Gasteiger partial charge in [-0.1, -0.05) is 20.3 Å². The lowest BCUT2D eigenvalue weighted by atomic mass is 10.0. The van der Waals surface area contributed by atoms with E-state index in [9.17, 15) is 0 Å². The van der Waals surface area contributed by atoms with Crippen LogP contribution in [-0.4, -0.2) is 31.1 Å². The van der Waals surface area contributed by atoms with Crippen molar-refractivity contribution in [3.63, 3.8) is 0 Å². The summed E-state index contributed by atoms with van der Waals surface area (Å²) in [6.45, 7) is 9.48. The zero-order valence-corrected chi connectivity index (χ0v) is 10.5. The van der Waals surface area contributed by atoms with Crippen LogP contribution in [0.2, 0.25) is 0 Å². The lowest BCUT2D eigenvalue weighted by Crippen LogP contribution is -2.26. The molecule has 1 saturated heterocycles. The molecular weight excluding hydrogens is 184 g/mol. The fraction of sp³-hybridized carbons (Fsp3) is 1.00. The maximum atomic E-state index is 5.53. The third-order valence-electron chi connectivity index (χ3n) is 3.54. The quantitative estimate of drug-likeness (QED) is 0.702. The molecule has 0 saturated carbocycles. The molecule has 2 nitrogen and oxygen atoms in total. The van der Waals surface area contributed by atoms with Gasteiger partial charge in [0.1, 0.15) is 0 Å². The maximum Gasteiger partial charge on any atom is 0.00102 e. The molecule has 1 heterocycles. The van der Waals surface area contributed by atoms with Gasteiger partial charge in [0.2, 0.25) is 0 Å². The molecule has 0 aromatic heterocycles. The van der Waals surface area contributed by atoms with Crippen LogP contribution in [0, 0.1) is 11.8 Å². The van der Waals surface area contributed by atoms with Crippen LogP contribution < -0.4 is 5.73 Å². The Morgan fingerprint density at radius 1 is 1.47 bits per heavy atom. The summed E-state index contributed by atoms with van der Waals surface area (Å²) in [5, 5.41) is 0. The van der Waals surface area contributed by atoms with Crippen molar-refractivity contribution in [2.75, 3.05) is 26.2 Å². The molecule has 90 valence electrons. The van der Waals surface area contributed by atoms with Crippen molar-refractivity contribution in [1.29, 1.82) is 0 Å². The molecule has 2 atom stereocenters. The van der Waals surface area contributed by atoms with Crippen molar-refractivity contribution in [1.82, 2.24) is 4.90 Å².